The van der Waals surface area contributed by atoms with Crippen molar-refractivity contribution in [2.24, 2.45) is 0 Å². The van der Waals surface area contributed by atoms with E-state index >= 15 is 0 Å². The van der Waals surface area contributed by atoms with Gasteiger partial charge in [-0.2, -0.15) is 0 Å². The maximum atomic E-state index is 10.6. The van der Waals surface area contributed by atoms with E-state index < -0.39 is 11.9 Å². The minimum Gasteiger partial charge on any atom is -0.550 e. The summed E-state index contributed by atoms with van der Waals surface area (Å²) in [6, 6.07) is 6.97. The molecule has 0 N–H and O–H groups in total. The Bertz CT molecular complexity index is 670. The van der Waals surface area contributed by atoms with Crippen LogP contribution in [0.3, 0.4) is 0 Å². The monoisotopic (exact) mass is 708 g/mol. The first-order chi connectivity index (χ1) is 20.4. The molecule has 1 aromatic rings. The van der Waals surface area contributed by atoms with E-state index in [0.717, 1.165) is 44.1 Å². The van der Waals surface area contributed by atoms with E-state index in [4.69, 9.17) is 0 Å². The average molecular weight is 708 g/mol. The maximum Gasteiger partial charge on any atom is 2.00 e. The molecule has 0 aliphatic rings. The van der Waals surface area contributed by atoms with Crippen molar-refractivity contribution < 1.29 is 19.8 Å². The minimum absolute atomic E-state index is 0. The van der Waals surface area contributed by atoms with E-state index in [0.29, 0.717) is 5.56 Å². The third-order valence-electron chi connectivity index (χ3n) is 6.95. The maximum absolute atomic E-state index is 10.6. The van der Waals surface area contributed by atoms with Gasteiger partial charge in [0.25, 0.3) is 0 Å². The molecule has 4 nitrogen and oxygen atoms in total. The van der Waals surface area contributed by atoms with E-state index in [2.05, 4.69) is 34.6 Å². The van der Waals surface area contributed by atoms with E-state index in [9.17, 15) is 19.8 Å². The Hall–Kier alpha value is -1.04. The number of carboxylic acid groups (broad SMARTS) is 2. The summed E-state index contributed by atoms with van der Waals surface area (Å²) < 4.78 is 0. The number of aliphatic carboxylic acids is 1. The van der Waals surface area contributed by atoms with Crippen molar-refractivity contribution in [3.05, 3.63) is 49.2 Å². The van der Waals surface area contributed by atoms with Crippen LogP contribution < -0.4 is 10.2 Å². The van der Waals surface area contributed by atoms with Crippen molar-refractivity contribution in [2.75, 3.05) is 0 Å². The second-order valence-corrected chi connectivity index (χ2v) is 11.2. The molecule has 0 atom stereocenters. The van der Waals surface area contributed by atoms with E-state index in [-0.39, 0.29) is 30.3 Å². The molecule has 0 aliphatic carbocycles. The molecule has 1 rings (SSSR count). The van der Waals surface area contributed by atoms with Gasteiger partial charge < -0.3 is 19.8 Å². The normalized spacial score (nSPS) is 9.72. The number of hydrogen-bond acceptors (Lipinski definition) is 4. The van der Waals surface area contributed by atoms with Crippen molar-refractivity contribution in [1.29, 1.82) is 0 Å². The summed E-state index contributed by atoms with van der Waals surface area (Å²) in [6.45, 7) is 15.7. The summed E-state index contributed by atoms with van der Waals surface area (Å²) >= 11 is 0. The van der Waals surface area contributed by atoms with Crippen molar-refractivity contribution >= 4 is 35.8 Å². The van der Waals surface area contributed by atoms with Gasteiger partial charge in [-0.05, 0) is 24.8 Å². The molecule has 1 aromatic carbocycles. The van der Waals surface area contributed by atoms with Gasteiger partial charge in [-0.15, -0.1) is 0 Å². The molecule has 248 valence electrons. The summed E-state index contributed by atoms with van der Waals surface area (Å²) in [6.07, 6.45) is 29.1. The van der Waals surface area contributed by atoms with Gasteiger partial charge in [-0.1, -0.05) is 201 Å². The smallest absolute Gasteiger partial charge is 0.550 e. The summed E-state index contributed by atoms with van der Waals surface area (Å²) in [5, 5.41) is 20.8. The number of aryl methyl sites for hydroxylation is 1. The van der Waals surface area contributed by atoms with Crippen LogP contribution in [0.1, 0.15) is 191 Å². The van der Waals surface area contributed by atoms with Crippen molar-refractivity contribution in [2.45, 2.75) is 182 Å². The summed E-state index contributed by atoms with van der Waals surface area (Å²) in [7, 11) is 0. The first kappa shape index (κ1) is 48.9. The number of rotatable bonds is 23. The van der Waals surface area contributed by atoms with Crippen LogP contribution in [0.4, 0.5) is 0 Å². The van der Waals surface area contributed by atoms with Crippen LogP contribution in [-0.2, 0) is 11.2 Å². The quantitative estimate of drug-likeness (QED) is 0.0839. The van der Waals surface area contributed by atoms with E-state index in [1.807, 2.05) is 19.1 Å². The second kappa shape index (κ2) is 43.1. The Kier molecular flexibility index (Phi) is 49.0. The molecule has 0 aliphatic heterocycles. The molecule has 0 bridgehead atoms. The SMILES string of the molecule is CCCCCCCCCCCCCCCCCCCC(=O)[O-].CCCc1ccccc1C(=O)[O-].[CH2]CCC.[CH2]CCC.[Sn+2]. The topological polar surface area (TPSA) is 80.3 Å². The predicted molar refractivity (Wildman–Crippen MR) is 185 cm³/mol. The van der Waals surface area contributed by atoms with Crippen LogP contribution in [0.15, 0.2) is 24.3 Å². The second-order valence-electron chi connectivity index (χ2n) is 11.2. The first-order valence-electron chi connectivity index (χ1n) is 17.4. The third-order valence-corrected chi connectivity index (χ3v) is 6.95. The van der Waals surface area contributed by atoms with Crippen LogP contribution in [0.2, 0.25) is 0 Å². The minimum atomic E-state index is -1.08. The average Bonchev–Trinajstić information content (AvgIpc) is 2.99. The number of benzene rings is 1. The van der Waals surface area contributed by atoms with Crippen molar-refractivity contribution in [1.82, 2.24) is 0 Å². The fourth-order valence-corrected chi connectivity index (χ4v) is 4.20. The fourth-order valence-electron chi connectivity index (χ4n) is 4.20. The van der Waals surface area contributed by atoms with Crippen LogP contribution in [0, 0.1) is 13.8 Å². The zero-order valence-electron chi connectivity index (χ0n) is 28.8. The molecule has 0 saturated heterocycles. The first-order valence-corrected chi connectivity index (χ1v) is 17.4. The van der Waals surface area contributed by atoms with Gasteiger partial charge in [-0.3, -0.25) is 0 Å². The van der Waals surface area contributed by atoms with Gasteiger partial charge in [0.2, 0.25) is 0 Å². The Morgan fingerprint density at radius 1 is 0.558 bits per heavy atom. The van der Waals surface area contributed by atoms with Gasteiger partial charge in [0.1, 0.15) is 0 Å². The number of carbonyl (C=O) groups is 2. The molecule has 0 saturated carbocycles. The number of unbranched alkanes of at least 4 members (excludes halogenated alkanes) is 18. The number of carboxylic acids is 2. The Labute approximate surface area is 285 Å². The molecule has 0 amide bonds. The Balaban J connectivity index is -0.000000300. The van der Waals surface area contributed by atoms with E-state index in [1.54, 1.807) is 12.1 Å². The Morgan fingerprint density at radius 2 is 0.907 bits per heavy atom. The number of hydrogen-bond donors (Lipinski definition) is 0. The van der Waals surface area contributed by atoms with Gasteiger partial charge in [0, 0.05) is 11.5 Å². The molecular formula is C38H68O4Sn. The van der Waals surface area contributed by atoms with Crippen LogP contribution in [0.25, 0.3) is 0 Å². The summed E-state index contributed by atoms with van der Waals surface area (Å²) in [4.78, 5) is 20.8. The molecule has 0 heterocycles. The number of aromatic carboxylic acids is 1. The molecule has 0 unspecified atom stereocenters. The van der Waals surface area contributed by atoms with E-state index in [1.165, 1.54) is 109 Å². The van der Waals surface area contributed by atoms with Crippen LogP contribution in [0.5, 0.6) is 0 Å². The summed E-state index contributed by atoms with van der Waals surface area (Å²) in [5.74, 6) is -1.99. The Morgan fingerprint density at radius 3 is 1.21 bits per heavy atom. The molecule has 0 spiro atoms. The molecule has 5 heteroatoms. The van der Waals surface area contributed by atoms with Crippen LogP contribution in [-0.4, -0.2) is 35.8 Å². The van der Waals surface area contributed by atoms with Crippen molar-refractivity contribution in [3.63, 3.8) is 0 Å². The van der Waals surface area contributed by atoms with Gasteiger partial charge in [0.05, 0.1) is 5.97 Å². The van der Waals surface area contributed by atoms with Gasteiger partial charge >= 0.3 is 23.9 Å². The molecule has 4 radical (unpaired) electrons. The third kappa shape index (κ3) is 43.1. The predicted octanol–water partition coefficient (Wildman–Crippen LogP) is 9.64. The zero-order valence-corrected chi connectivity index (χ0v) is 31.7. The molecule has 0 fully saturated rings. The molecular weight excluding hydrogens is 639 g/mol. The zero-order chi connectivity index (χ0) is 32.1. The number of carbonyl (C=O) groups excluding carboxylic acids is 2. The standard InChI is InChI=1S/C20H40O2.C10H12O2.2C4H9.Sn/c1-2-3-4-5-6-7-8-9-10-11-12-13-14-15-16-17-18-19-20(21)22;1-2-5-8-6-3-4-7-9(8)10(11)12;2*1-3-4-2;/h2-19H2,1H3,(H,21,22);3-4,6-7H,2,5H2,1H3,(H,11,12);2*1,3-4H2,2H3;/q;;;;+2/p-2. The van der Waals surface area contributed by atoms with Gasteiger partial charge in [0.15, 0.2) is 0 Å². The molecule has 0 aromatic heterocycles. The summed E-state index contributed by atoms with van der Waals surface area (Å²) in [5.41, 5.74) is 1.18. The van der Waals surface area contributed by atoms with Gasteiger partial charge in [-0.25, -0.2) is 0 Å². The fraction of sp³-hybridized carbons (Fsp3) is 0.737. The van der Waals surface area contributed by atoms with Crippen molar-refractivity contribution in [3.8, 4) is 0 Å². The largest absolute Gasteiger partial charge is 2.00 e. The molecule has 43 heavy (non-hydrogen) atoms. The van der Waals surface area contributed by atoms with Crippen LogP contribution >= 0.6 is 0 Å².